The molecule has 5 heteroatoms. The molecule has 4 nitrogen and oxygen atoms in total. The number of rotatable bonds is 3. The minimum Gasteiger partial charge on any atom is -0.339 e. The molecule has 2 unspecified atom stereocenters. The van der Waals surface area contributed by atoms with Gasteiger partial charge >= 0.3 is 0 Å². The average molecular weight is 255 g/mol. The molecule has 1 aromatic heterocycles. The molecule has 2 rings (SSSR count). The summed E-state index contributed by atoms with van der Waals surface area (Å²) in [6.45, 7) is 6.38. The van der Waals surface area contributed by atoms with Crippen molar-refractivity contribution in [3.63, 3.8) is 0 Å². The maximum absolute atomic E-state index is 6.11. The quantitative estimate of drug-likeness (QED) is 0.899. The van der Waals surface area contributed by atoms with E-state index in [0.717, 1.165) is 12.2 Å². The molecule has 0 aromatic carbocycles. The Morgan fingerprint density at radius 3 is 2.88 bits per heavy atom. The fraction of sp³-hybridized carbons (Fsp3) is 0.833. The predicted molar refractivity (Wildman–Crippen MR) is 69.9 cm³/mol. The highest BCUT2D eigenvalue weighted by Crippen LogP contribution is 2.38. The zero-order valence-corrected chi connectivity index (χ0v) is 11.6. The van der Waals surface area contributed by atoms with Crippen LogP contribution in [0.15, 0.2) is 4.52 Å². The molecule has 96 valence electrons. The van der Waals surface area contributed by atoms with Crippen molar-refractivity contribution in [3.05, 3.63) is 11.7 Å². The summed E-state index contributed by atoms with van der Waals surface area (Å²) in [6.07, 6.45) is 3.07. The molecule has 0 saturated carbocycles. The van der Waals surface area contributed by atoms with Crippen LogP contribution < -0.4 is 5.73 Å². The minimum atomic E-state index is 0.0482. The Morgan fingerprint density at radius 2 is 2.29 bits per heavy atom. The molecule has 0 radical (unpaired) electrons. The van der Waals surface area contributed by atoms with Gasteiger partial charge in [0, 0.05) is 12.5 Å². The maximum Gasteiger partial charge on any atom is 0.228 e. The van der Waals surface area contributed by atoms with Crippen molar-refractivity contribution in [3.8, 4) is 0 Å². The number of hydrogen-bond donors (Lipinski definition) is 1. The van der Waals surface area contributed by atoms with Gasteiger partial charge in [-0.25, -0.2) is 0 Å². The van der Waals surface area contributed by atoms with E-state index in [0.29, 0.717) is 17.6 Å². The van der Waals surface area contributed by atoms with Gasteiger partial charge in [0.2, 0.25) is 5.89 Å². The van der Waals surface area contributed by atoms with E-state index in [1.165, 1.54) is 12.2 Å². The third-order valence-corrected chi connectivity index (χ3v) is 4.58. The second-order valence-corrected chi connectivity index (χ2v) is 7.04. The number of thioether (sulfide) groups is 1. The SMILES string of the molecule is CC(C)(C)C(N)Cc1nc(C2CCCS2)no1. The zero-order chi connectivity index (χ0) is 12.5. The van der Waals surface area contributed by atoms with Crippen molar-refractivity contribution in [1.29, 1.82) is 0 Å². The third kappa shape index (κ3) is 3.22. The molecule has 2 heterocycles. The second-order valence-electron chi connectivity index (χ2n) is 5.72. The van der Waals surface area contributed by atoms with E-state index in [-0.39, 0.29) is 11.5 Å². The van der Waals surface area contributed by atoms with Crippen LogP contribution in [0.1, 0.15) is 50.6 Å². The fourth-order valence-electron chi connectivity index (χ4n) is 1.76. The van der Waals surface area contributed by atoms with Crippen LogP contribution in [0.4, 0.5) is 0 Å². The lowest BCUT2D eigenvalue weighted by Crippen LogP contribution is -2.37. The molecule has 1 aromatic rings. The minimum absolute atomic E-state index is 0.0482. The standard InChI is InChI=1S/C12H21N3OS/c1-12(2,3)9(13)7-10-14-11(15-16-10)8-5-4-6-17-8/h8-9H,4-7,13H2,1-3H3. The highest BCUT2D eigenvalue weighted by Gasteiger charge is 2.26. The summed E-state index contributed by atoms with van der Waals surface area (Å²) in [7, 11) is 0. The lowest BCUT2D eigenvalue weighted by Gasteiger charge is -2.25. The van der Waals surface area contributed by atoms with Crippen LogP contribution in [0.25, 0.3) is 0 Å². The van der Waals surface area contributed by atoms with Gasteiger partial charge in [-0.3, -0.25) is 0 Å². The molecule has 1 aliphatic rings. The summed E-state index contributed by atoms with van der Waals surface area (Å²) in [4.78, 5) is 4.47. The van der Waals surface area contributed by atoms with Crippen LogP contribution in [0, 0.1) is 5.41 Å². The first-order valence-electron chi connectivity index (χ1n) is 6.16. The first kappa shape index (κ1) is 12.9. The van der Waals surface area contributed by atoms with Gasteiger partial charge in [-0.2, -0.15) is 16.7 Å². The molecule has 1 aliphatic heterocycles. The smallest absolute Gasteiger partial charge is 0.228 e. The van der Waals surface area contributed by atoms with Crippen molar-refractivity contribution >= 4 is 11.8 Å². The van der Waals surface area contributed by atoms with Crippen molar-refractivity contribution in [2.24, 2.45) is 11.1 Å². The van der Waals surface area contributed by atoms with E-state index in [1.54, 1.807) is 0 Å². The van der Waals surface area contributed by atoms with Gasteiger partial charge < -0.3 is 10.3 Å². The highest BCUT2D eigenvalue weighted by molar-refractivity contribution is 7.99. The number of nitrogens with zero attached hydrogens (tertiary/aromatic N) is 2. The van der Waals surface area contributed by atoms with Gasteiger partial charge in [0.1, 0.15) is 0 Å². The van der Waals surface area contributed by atoms with Crippen LogP contribution >= 0.6 is 11.8 Å². The highest BCUT2D eigenvalue weighted by atomic mass is 32.2. The normalized spacial score (nSPS) is 22.9. The Balaban J connectivity index is 1.98. The molecule has 2 N–H and O–H groups in total. The van der Waals surface area contributed by atoms with Gasteiger partial charge in [0.25, 0.3) is 0 Å². The topological polar surface area (TPSA) is 64.9 Å². The summed E-state index contributed by atoms with van der Waals surface area (Å²) < 4.78 is 5.29. The number of hydrogen-bond acceptors (Lipinski definition) is 5. The third-order valence-electron chi connectivity index (χ3n) is 3.21. The summed E-state index contributed by atoms with van der Waals surface area (Å²) in [5.41, 5.74) is 6.18. The molecule has 2 atom stereocenters. The first-order valence-corrected chi connectivity index (χ1v) is 7.21. The van der Waals surface area contributed by atoms with E-state index >= 15 is 0 Å². The lowest BCUT2D eigenvalue weighted by atomic mass is 9.85. The second kappa shape index (κ2) is 4.98. The van der Waals surface area contributed by atoms with Crippen molar-refractivity contribution in [2.75, 3.05) is 5.75 Å². The van der Waals surface area contributed by atoms with Gasteiger partial charge in [0.15, 0.2) is 5.82 Å². The Morgan fingerprint density at radius 1 is 1.53 bits per heavy atom. The molecule has 17 heavy (non-hydrogen) atoms. The van der Waals surface area contributed by atoms with Crippen LogP contribution in [0.5, 0.6) is 0 Å². The van der Waals surface area contributed by atoms with Gasteiger partial charge in [-0.05, 0) is 24.0 Å². The Kier molecular flexibility index (Phi) is 3.78. The van der Waals surface area contributed by atoms with Crippen molar-refractivity contribution < 1.29 is 4.52 Å². The van der Waals surface area contributed by atoms with Gasteiger partial charge in [-0.15, -0.1) is 0 Å². The maximum atomic E-state index is 6.11. The van der Waals surface area contributed by atoms with Crippen molar-refractivity contribution in [2.45, 2.75) is 51.3 Å². The molecule has 0 aliphatic carbocycles. The molecule has 1 saturated heterocycles. The molecular formula is C12H21N3OS. The van der Waals surface area contributed by atoms with E-state index in [2.05, 4.69) is 30.9 Å². The van der Waals surface area contributed by atoms with Gasteiger partial charge in [-0.1, -0.05) is 25.9 Å². The molecule has 0 bridgehead atoms. The summed E-state index contributed by atoms with van der Waals surface area (Å²) in [6, 6.07) is 0.0482. The van der Waals surface area contributed by atoms with Crippen LogP contribution in [0.2, 0.25) is 0 Å². The Labute approximate surface area is 107 Å². The Hall–Kier alpha value is -0.550. The largest absolute Gasteiger partial charge is 0.339 e. The van der Waals surface area contributed by atoms with Crippen LogP contribution in [-0.4, -0.2) is 21.9 Å². The molecular weight excluding hydrogens is 234 g/mol. The van der Waals surface area contributed by atoms with Crippen LogP contribution in [-0.2, 0) is 6.42 Å². The predicted octanol–water partition coefficient (Wildman–Crippen LogP) is 2.55. The van der Waals surface area contributed by atoms with Gasteiger partial charge in [0.05, 0.1) is 5.25 Å². The monoisotopic (exact) mass is 255 g/mol. The van der Waals surface area contributed by atoms with Crippen molar-refractivity contribution in [1.82, 2.24) is 10.1 Å². The zero-order valence-electron chi connectivity index (χ0n) is 10.8. The molecule has 1 fully saturated rings. The number of aromatic nitrogens is 2. The van der Waals surface area contributed by atoms with E-state index in [9.17, 15) is 0 Å². The molecule has 0 amide bonds. The first-order chi connectivity index (χ1) is 7.97. The number of nitrogens with two attached hydrogens (primary N) is 1. The summed E-state index contributed by atoms with van der Waals surface area (Å²) in [5, 5.41) is 4.50. The summed E-state index contributed by atoms with van der Waals surface area (Å²) in [5.74, 6) is 2.73. The molecule has 0 spiro atoms. The lowest BCUT2D eigenvalue weighted by molar-refractivity contribution is 0.285. The van der Waals surface area contributed by atoms with E-state index in [1.807, 2.05) is 11.8 Å². The van der Waals surface area contributed by atoms with E-state index < -0.39 is 0 Å². The summed E-state index contributed by atoms with van der Waals surface area (Å²) >= 11 is 1.92. The fourth-order valence-corrected chi connectivity index (χ4v) is 2.95. The van der Waals surface area contributed by atoms with Crippen LogP contribution in [0.3, 0.4) is 0 Å². The Bertz CT molecular complexity index is 366. The average Bonchev–Trinajstić information content (AvgIpc) is 2.83. The van der Waals surface area contributed by atoms with E-state index in [4.69, 9.17) is 10.3 Å².